The molecule has 7 heteroatoms. The van der Waals surface area contributed by atoms with Crippen molar-refractivity contribution in [3.05, 3.63) is 29.8 Å². The van der Waals surface area contributed by atoms with Gasteiger partial charge in [-0.05, 0) is 38.1 Å². The van der Waals surface area contributed by atoms with Crippen molar-refractivity contribution in [1.82, 2.24) is 16.0 Å². The van der Waals surface area contributed by atoms with Gasteiger partial charge in [0.25, 0.3) is 5.91 Å². The van der Waals surface area contributed by atoms with E-state index in [9.17, 15) is 14.4 Å². The fraction of sp³-hybridized carbons (Fsp3) is 0.400. The molecule has 1 aromatic carbocycles. The van der Waals surface area contributed by atoms with Gasteiger partial charge in [-0.25, -0.2) is 0 Å². The highest BCUT2D eigenvalue weighted by atomic mass is 16.5. The Labute approximate surface area is 129 Å². The molecule has 0 aliphatic rings. The molecule has 0 aliphatic heterocycles. The third-order valence-corrected chi connectivity index (χ3v) is 2.88. The van der Waals surface area contributed by atoms with Crippen molar-refractivity contribution in [2.75, 3.05) is 20.2 Å². The normalized spacial score (nSPS) is 11.2. The maximum atomic E-state index is 11.9. The molecular weight excluding hydrogens is 286 g/mol. The summed E-state index contributed by atoms with van der Waals surface area (Å²) in [5.41, 5.74) is 0.422. The predicted octanol–water partition coefficient (Wildman–Crippen LogP) is 0.0658. The molecule has 3 N–H and O–H groups in total. The Kier molecular flexibility index (Phi) is 6.88. The highest BCUT2D eigenvalue weighted by molar-refractivity contribution is 5.97. The Hall–Kier alpha value is -2.57. The van der Waals surface area contributed by atoms with E-state index in [0.717, 1.165) is 0 Å². The molecule has 0 bridgehead atoms. The fourth-order valence-electron chi connectivity index (χ4n) is 1.69. The van der Waals surface area contributed by atoms with Gasteiger partial charge in [0.2, 0.25) is 11.8 Å². The number of hydrogen-bond acceptors (Lipinski definition) is 4. The van der Waals surface area contributed by atoms with E-state index in [1.807, 2.05) is 0 Å². The van der Waals surface area contributed by atoms with Crippen LogP contribution in [0.2, 0.25) is 0 Å². The zero-order chi connectivity index (χ0) is 16.5. The van der Waals surface area contributed by atoms with E-state index in [-0.39, 0.29) is 18.4 Å². The minimum atomic E-state index is -0.648. The van der Waals surface area contributed by atoms with E-state index in [2.05, 4.69) is 16.0 Å². The van der Waals surface area contributed by atoms with Crippen molar-refractivity contribution in [2.45, 2.75) is 19.9 Å². The first-order valence-corrected chi connectivity index (χ1v) is 6.97. The molecule has 0 unspecified atom stereocenters. The van der Waals surface area contributed by atoms with Gasteiger partial charge >= 0.3 is 0 Å². The van der Waals surface area contributed by atoms with Crippen LogP contribution in [0.15, 0.2) is 24.3 Å². The van der Waals surface area contributed by atoms with Crippen molar-refractivity contribution in [3.63, 3.8) is 0 Å². The number of rotatable bonds is 7. The van der Waals surface area contributed by atoms with Crippen LogP contribution in [0.1, 0.15) is 24.2 Å². The van der Waals surface area contributed by atoms with Crippen LogP contribution in [-0.4, -0.2) is 44.0 Å². The lowest BCUT2D eigenvalue weighted by atomic mass is 10.2. The Morgan fingerprint density at radius 2 is 1.77 bits per heavy atom. The molecular formula is C15H21N3O4. The molecule has 0 aliphatic carbocycles. The SMILES string of the molecule is CCNC(=O)[C@H](C)NC(=O)CNC(=O)c1ccc(OC)cc1. The third-order valence-electron chi connectivity index (χ3n) is 2.88. The standard InChI is InChI=1S/C15H21N3O4/c1-4-16-14(20)10(2)18-13(19)9-17-15(21)11-5-7-12(22-3)8-6-11/h5-8,10H,4,9H2,1-3H3,(H,16,20)(H,17,21)(H,18,19)/t10-/m0/s1. The molecule has 0 saturated carbocycles. The molecule has 120 valence electrons. The Morgan fingerprint density at radius 3 is 2.32 bits per heavy atom. The molecule has 0 heterocycles. The smallest absolute Gasteiger partial charge is 0.251 e. The summed E-state index contributed by atoms with van der Waals surface area (Å²) in [6.07, 6.45) is 0. The van der Waals surface area contributed by atoms with Gasteiger partial charge < -0.3 is 20.7 Å². The second-order valence-corrected chi connectivity index (χ2v) is 4.59. The van der Waals surface area contributed by atoms with Gasteiger partial charge in [0.05, 0.1) is 13.7 Å². The number of benzene rings is 1. The van der Waals surface area contributed by atoms with Crippen LogP contribution < -0.4 is 20.7 Å². The van der Waals surface area contributed by atoms with Gasteiger partial charge in [-0.1, -0.05) is 0 Å². The molecule has 0 spiro atoms. The number of amides is 3. The average Bonchev–Trinajstić information content (AvgIpc) is 2.52. The van der Waals surface area contributed by atoms with E-state index in [4.69, 9.17) is 4.74 Å². The topological polar surface area (TPSA) is 96.5 Å². The van der Waals surface area contributed by atoms with Crippen LogP contribution >= 0.6 is 0 Å². The Morgan fingerprint density at radius 1 is 1.14 bits per heavy atom. The second-order valence-electron chi connectivity index (χ2n) is 4.59. The predicted molar refractivity (Wildman–Crippen MR) is 81.6 cm³/mol. The van der Waals surface area contributed by atoms with E-state index in [1.165, 1.54) is 7.11 Å². The number of hydrogen-bond donors (Lipinski definition) is 3. The van der Waals surface area contributed by atoms with Gasteiger partial charge in [-0.15, -0.1) is 0 Å². The zero-order valence-electron chi connectivity index (χ0n) is 12.9. The first-order valence-electron chi connectivity index (χ1n) is 6.97. The molecule has 0 saturated heterocycles. The quantitative estimate of drug-likeness (QED) is 0.664. The lowest BCUT2D eigenvalue weighted by Crippen LogP contribution is -2.47. The second kappa shape index (κ2) is 8.66. The Balaban J connectivity index is 2.42. The zero-order valence-corrected chi connectivity index (χ0v) is 12.9. The van der Waals surface area contributed by atoms with Crippen LogP contribution in [-0.2, 0) is 9.59 Å². The molecule has 7 nitrogen and oxygen atoms in total. The molecule has 0 fully saturated rings. The lowest BCUT2D eigenvalue weighted by Gasteiger charge is -2.13. The van der Waals surface area contributed by atoms with Crippen LogP contribution in [0.4, 0.5) is 0 Å². The van der Waals surface area contributed by atoms with Gasteiger partial charge in [-0.2, -0.15) is 0 Å². The number of methoxy groups -OCH3 is 1. The van der Waals surface area contributed by atoms with Gasteiger partial charge in [0, 0.05) is 12.1 Å². The number of carbonyl (C=O) groups is 3. The molecule has 1 rings (SSSR count). The van der Waals surface area contributed by atoms with Gasteiger partial charge in [0.15, 0.2) is 0 Å². The van der Waals surface area contributed by atoms with Crippen molar-refractivity contribution >= 4 is 17.7 Å². The molecule has 3 amide bonds. The highest BCUT2D eigenvalue weighted by Gasteiger charge is 2.15. The molecule has 1 atom stereocenters. The van der Waals surface area contributed by atoms with E-state index >= 15 is 0 Å². The molecule has 22 heavy (non-hydrogen) atoms. The van der Waals surface area contributed by atoms with Gasteiger partial charge in [0.1, 0.15) is 11.8 Å². The number of likely N-dealkylation sites (N-methyl/N-ethyl adjacent to an activating group) is 1. The van der Waals surface area contributed by atoms with Crippen LogP contribution in [0.3, 0.4) is 0 Å². The van der Waals surface area contributed by atoms with Crippen LogP contribution in [0, 0.1) is 0 Å². The summed E-state index contributed by atoms with van der Waals surface area (Å²) < 4.78 is 5.00. The summed E-state index contributed by atoms with van der Waals surface area (Å²) in [5.74, 6) is -0.425. The summed E-state index contributed by atoms with van der Waals surface area (Å²) in [5, 5.41) is 7.59. The summed E-state index contributed by atoms with van der Waals surface area (Å²) in [4.78, 5) is 35.0. The lowest BCUT2D eigenvalue weighted by molar-refractivity contribution is -0.128. The van der Waals surface area contributed by atoms with E-state index in [0.29, 0.717) is 17.9 Å². The number of nitrogens with one attached hydrogen (secondary N) is 3. The van der Waals surface area contributed by atoms with Crippen LogP contribution in [0.25, 0.3) is 0 Å². The molecule has 0 aromatic heterocycles. The summed E-state index contributed by atoms with van der Waals surface area (Å²) in [6.45, 7) is 3.66. The Bertz CT molecular complexity index is 528. The van der Waals surface area contributed by atoms with E-state index < -0.39 is 11.9 Å². The minimum Gasteiger partial charge on any atom is -0.497 e. The summed E-state index contributed by atoms with van der Waals surface area (Å²) >= 11 is 0. The first-order chi connectivity index (χ1) is 10.5. The molecule has 1 aromatic rings. The third kappa shape index (κ3) is 5.43. The highest BCUT2D eigenvalue weighted by Crippen LogP contribution is 2.10. The largest absolute Gasteiger partial charge is 0.497 e. The summed E-state index contributed by atoms with van der Waals surface area (Å²) in [6, 6.07) is 5.87. The van der Waals surface area contributed by atoms with Crippen molar-refractivity contribution in [2.24, 2.45) is 0 Å². The first kappa shape index (κ1) is 17.5. The maximum Gasteiger partial charge on any atom is 0.251 e. The molecule has 0 radical (unpaired) electrons. The number of carbonyl (C=O) groups excluding carboxylic acids is 3. The summed E-state index contributed by atoms with van der Waals surface area (Å²) in [7, 11) is 1.54. The monoisotopic (exact) mass is 307 g/mol. The van der Waals surface area contributed by atoms with Crippen LogP contribution in [0.5, 0.6) is 5.75 Å². The fourth-order valence-corrected chi connectivity index (χ4v) is 1.69. The number of ether oxygens (including phenoxy) is 1. The van der Waals surface area contributed by atoms with Gasteiger partial charge in [-0.3, -0.25) is 14.4 Å². The van der Waals surface area contributed by atoms with Crippen molar-refractivity contribution in [1.29, 1.82) is 0 Å². The maximum absolute atomic E-state index is 11.9. The van der Waals surface area contributed by atoms with Crippen molar-refractivity contribution in [3.8, 4) is 5.75 Å². The van der Waals surface area contributed by atoms with Crippen molar-refractivity contribution < 1.29 is 19.1 Å². The van der Waals surface area contributed by atoms with E-state index in [1.54, 1.807) is 38.1 Å². The minimum absolute atomic E-state index is 0.200. The average molecular weight is 307 g/mol.